The number of sulfonamides is 1. The molecule has 2 rings (SSSR count). The number of halogens is 1. The van der Waals surface area contributed by atoms with Gasteiger partial charge in [-0.2, -0.15) is 16.5 Å². The van der Waals surface area contributed by atoms with E-state index in [1.807, 2.05) is 6.26 Å². The van der Waals surface area contributed by atoms with E-state index in [4.69, 9.17) is 16.3 Å². The maximum Gasteiger partial charge on any atom is 0.321 e. The lowest BCUT2D eigenvalue weighted by atomic mass is 10.2. The molecule has 2 N–H and O–H groups in total. The summed E-state index contributed by atoms with van der Waals surface area (Å²) in [5.41, 5.74) is 0. The number of carboxylic acid groups (broad SMARTS) is 1. The van der Waals surface area contributed by atoms with Crippen LogP contribution in [-0.4, -0.2) is 37.5 Å². The SMILES string of the molecule is CSCC[C@@H](NS(=O)(=O)c1ccc(Oc2ccccc2Cl)cc1)C(=O)O. The number of benzene rings is 2. The van der Waals surface area contributed by atoms with Gasteiger partial charge in [0.15, 0.2) is 0 Å². The lowest BCUT2D eigenvalue weighted by molar-refractivity contribution is -0.139. The summed E-state index contributed by atoms with van der Waals surface area (Å²) in [5.74, 6) is 0.186. The topological polar surface area (TPSA) is 92.7 Å². The van der Waals surface area contributed by atoms with E-state index in [0.29, 0.717) is 22.3 Å². The number of thioether (sulfide) groups is 1. The van der Waals surface area contributed by atoms with Crippen LogP contribution in [0.25, 0.3) is 0 Å². The number of para-hydroxylation sites is 1. The summed E-state index contributed by atoms with van der Waals surface area (Å²) in [7, 11) is -3.95. The predicted molar refractivity (Wildman–Crippen MR) is 103 cm³/mol. The molecule has 1 atom stereocenters. The van der Waals surface area contributed by atoms with Crippen LogP contribution in [0.3, 0.4) is 0 Å². The Bertz CT molecular complexity index is 856. The molecule has 0 spiro atoms. The Kier molecular flexibility index (Phi) is 7.33. The Balaban J connectivity index is 2.13. The van der Waals surface area contributed by atoms with Crippen molar-refractivity contribution in [3.8, 4) is 11.5 Å². The summed E-state index contributed by atoms with van der Waals surface area (Å²) < 4.78 is 32.6. The Morgan fingerprint density at radius 3 is 2.46 bits per heavy atom. The van der Waals surface area contributed by atoms with Gasteiger partial charge in [0.25, 0.3) is 0 Å². The van der Waals surface area contributed by atoms with Crippen LogP contribution in [0.1, 0.15) is 6.42 Å². The third-order valence-electron chi connectivity index (χ3n) is 3.40. The highest BCUT2D eigenvalue weighted by molar-refractivity contribution is 7.98. The summed E-state index contributed by atoms with van der Waals surface area (Å²) in [6.45, 7) is 0. The van der Waals surface area contributed by atoms with Crippen LogP contribution in [0, 0.1) is 0 Å². The van der Waals surface area contributed by atoms with E-state index in [1.54, 1.807) is 24.3 Å². The fourth-order valence-corrected chi connectivity index (χ4v) is 3.93. The summed E-state index contributed by atoms with van der Waals surface area (Å²) >= 11 is 7.47. The quantitative estimate of drug-likeness (QED) is 0.649. The molecule has 6 nitrogen and oxygen atoms in total. The van der Waals surface area contributed by atoms with Crippen LogP contribution in [0.15, 0.2) is 53.4 Å². The molecule has 0 aliphatic heterocycles. The predicted octanol–water partition coefficient (Wildman–Crippen LogP) is 3.62. The smallest absolute Gasteiger partial charge is 0.321 e. The van der Waals surface area contributed by atoms with Crippen molar-refractivity contribution in [2.75, 3.05) is 12.0 Å². The number of hydrogen-bond acceptors (Lipinski definition) is 5. The van der Waals surface area contributed by atoms with Crippen molar-refractivity contribution in [2.45, 2.75) is 17.4 Å². The molecule has 2 aromatic carbocycles. The third kappa shape index (κ3) is 5.63. The van der Waals surface area contributed by atoms with E-state index in [9.17, 15) is 18.3 Å². The molecule has 0 heterocycles. The zero-order chi connectivity index (χ0) is 19.2. The molecule has 9 heteroatoms. The van der Waals surface area contributed by atoms with Crippen molar-refractivity contribution in [1.29, 1.82) is 0 Å². The van der Waals surface area contributed by atoms with Crippen LogP contribution in [0.5, 0.6) is 11.5 Å². The van der Waals surface area contributed by atoms with Gasteiger partial charge in [0.05, 0.1) is 9.92 Å². The van der Waals surface area contributed by atoms with Crippen molar-refractivity contribution in [1.82, 2.24) is 4.72 Å². The monoisotopic (exact) mass is 415 g/mol. The second kappa shape index (κ2) is 9.27. The highest BCUT2D eigenvalue weighted by atomic mass is 35.5. The highest BCUT2D eigenvalue weighted by Gasteiger charge is 2.25. The summed E-state index contributed by atoms with van der Waals surface area (Å²) in [5, 5.41) is 9.61. The molecule has 0 saturated carbocycles. The van der Waals surface area contributed by atoms with Gasteiger partial charge in [0, 0.05) is 0 Å². The first-order valence-electron chi connectivity index (χ1n) is 7.60. The fraction of sp³-hybridized carbons (Fsp3) is 0.235. The molecule has 0 bridgehead atoms. The number of carbonyl (C=O) groups is 1. The molecule has 2 aromatic rings. The number of hydrogen-bond donors (Lipinski definition) is 2. The minimum atomic E-state index is -3.95. The maximum atomic E-state index is 12.4. The highest BCUT2D eigenvalue weighted by Crippen LogP contribution is 2.29. The molecule has 0 radical (unpaired) electrons. The molecule has 26 heavy (non-hydrogen) atoms. The summed E-state index contributed by atoms with van der Waals surface area (Å²) in [4.78, 5) is 11.2. The molecule has 0 unspecified atom stereocenters. The molecule has 0 saturated heterocycles. The van der Waals surface area contributed by atoms with E-state index in [1.165, 1.54) is 36.0 Å². The number of rotatable bonds is 9. The first-order valence-corrected chi connectivity index (χ1v) is 10.9. The number of carboxylic acids is 1. The average molecular weight is 416 g/mol. The first-order chi connectivity index (χ1) is 12.3. The second-order valence-corrected chi connectivity index (χ2v) is 8.40. The molecule has 140 valence electrons. The second-order valence-electron chi connectivity index (χ2n) is 5.30. The minimum absolute atomic E-state index is 0.0422. The summed E-state index contributed by atoms with van der Waals surface area (Å²) in [6.07, 6.45) is 2.02. The number of aliphatic carboxylic acids is 1. The van der Waals surface area contributed by atoms with Gasteiger partial charge in [-0.05, 0) is 54.8 Å². The van der Waals surface area contributed by atoms with Crippen molar-refractivity contribution in [2.24, 2.45) is 0 Å². The van der Waals surface area contributed by atoms with Gasteiger partial charge in [-0.15, -0.1) is 0 Å². The van der Waals surface area contributed by atoms with E-state index >= 15 is 0 Å². The van der Waals surface area contributed by atoms with Crippen molar-refractivity contribution >= 4 is 39.4 Å². The number of nitrogens with one attached hydrogen (secondary N) is 1. The fourth-order valence-electron chi connectivity index (χ4n) is 2.07. The lowest BCUT2D eigenvalue weighted by Gasteiger charge is -2.14. The molecule has 0 aliphatic rings. The Hall–Kier alpha value is -1.74. The Morgan fingerprint density at radius 1 is 1.23 bits per heavy atom. The van der Waals surface area contributed by atoms with Gasteiger partial charge in [-0.25, -0.2) is 8.42 Å². The van der Waals surface area contributed by atoms with Crippen LogP contribution >= 0.6 is 23.4 Å². The van der Waals surface area contributed by atoms with Crippen LogP contribution in [0.2, 0.25) is 5.02 Å². The zero-order valence-electron chi connectivity index (χ0n) is 13.9. The zero-order valence-corrected chi connectivity index (χ0v) is 16.3. The van der Waals surface area contributed by atoms with Gasteiger partial charge < -0.3 is 9.84 Å². The normalized spacial score (nSPS) is 12.5. The van der Waals surface area contributed by atoms with E-state index < -0.39 is 22.0 Å². The van der Waals surface area contributed by atoms with Crippen molar-refractivity contribution in [3.05, 3.63) is 53.6 Å². The third-order valence-corrected chi connectivity index (χ3v) is 5.85. The summed E-state index contributed by atoms with van der Waals surface area (Å²) in [6, 6.07) is 11.4. The molecular formula is C17H18ClNO5S2. The van der Waals surface area contributed by atoms with Gasteiger partial charge in [0.1, 0.15) is 17.5 Å². The lowest BCUT2D eigenvalue weighted by Crippen LogP contribution is -2.41. The van der Waals surface area contributed by atoms with Gasteiger partial charge >= 0.3 is 5.97 Å². The van der Waals surface area contributed by atoms with Gasteiger partial charge in [-0.1, -0.05) is 23.7 Å². The molecular weight excluding hydrogens is 398 g/mol. The van der Waals surface area contributed by atoms with Crippen LogP contribution in [-0.2, 0) is 14.8 Å². The maximum absolute atomic E-state index is 12.4. The molecule has 0 aromatic heterocycles. The van der Waals surface area contributed by atoms with Crippen molar-refractivity contribution < 1.29 is 23.1 Å². The Labute approximate surface area is 161 Å². The largest absolute Gasteiger partial charge is 0.480 e. The van der Waals surface area contributed by atoms with E-state index in [0.717, 1.165) is 0 Å². The Morgan fingerprint density at radius 2 is 1.88 bits per heavy atom. The number of ether oxygens (including phenoxy) is 1. The van der Waals surface area contributed by atoms with Crippen LogP contribution in [0.4, 0.5) is 0 Å². The average Bonchev–Trinajstić information content (AvgIpc) is 2.61. The first kappa shape index (κ1) is 20.6. The van der Waals surface area contributed by atoms with E-state index in [2.05, 4.69) is 4.72 Å². The van der Waals surface area contributed by atoms with Crippen LogP contribution < -0.4 is 9.46 Å². The standard InChI is InChI=1S/C17H18ClNO5S2/c1-25-11-10-15(17(20)21)19-26(22,23)13-8-6-12(7-9-13)24-16-5-3-2-4-14(16)18/h2-9,15,19H,10-11H2,1H3,(H,20,21)/t15-/m1/s1. The van der Waals surface area contributed by atoms with E-state index in [-0.39, 0.29) is 11.3 Å². The van der Waals surface area contributed by atoms with Crippen molar-refractivity contribution in [3.63, 3.8) is 0 Å². The van der Waals surface area contributed by atoms with Gasteiger partial charge in [-0.3, -0.25) is 4.79 Å². The van der Waals surface area contributed by atoms with Gasteiger partial charge in [0.2, 0.25) is 10.0 Å². The minimum Gasteiger partial charge on any atom is -0.480 e. The molecule has 0 amide bonds. The molecule has 0 aliphatic carbocycles. The molecule has 0 fully saturated rings.